The SMILES string of the molecule is C1=CC2C3=C(C=CCC3)N(c3ccc4c(c3)c3ccccc3n4C3=CC4c5cc(C6=CCCC=C6)ccc5OC4N=C3)C2C=C1. The topological polar surface area (TPSA) is 29.8 Å². The number of ether oxygens (including phenoxy) is 1. The molecular weight excluding hydrogens is 550 g/mol. The average Bonchev–Trinajstić information content (AvgIpc) is 3.75. The minimum atomic E-state index is -0.221. The van der Waals surface area contributed by atoms with E-state index in [2.05, 4.69) is 131 Å². The molecule has 10 rings (SSSR count). The highest BCUT2D eigenvalue weighted by Gasteiger charge is 2.39. The van der Waals surface area contributed by atoms with Crippen molar-refractivity contribution in [3.8, 4) is 5.75 Å². The Balaban J connectivity index is 1.09. The van der Waals surface area contributed by atoms with Gasteiger partial charge in [-0.1, -0.05) is 72.9 Å². The van der Waals surface area contributed by atoms with Crippen LogP contribution in [-0.4, -0.2) is 23.1 Å². The quantitative estimate of drug-likeness (QED) is 0.240. The van der Waals surface area contributed by atoms with Crippen LogP contribution in [0, 0.1) is 5.92 Å². The normalized spacial score (nSPS) is 25.7. The van der Waals surface area contributed by atoms with Gasteiger partial charge in [0.2, 0.25) is 0 Å². The molecule has 0 N–H and O–H groups in total. The van der Waals surface area contributed by atoms with Gasteiger partial charge < -0.3 is 14.2 Å². The lowest BCUT2D eigenvalue weighted by molar-refractivity contribution is 0.230. The number of hydrogen-bond acceptors (Lipinski definition) is 3. The van der Waals surface area contributed by atoms with E-state index >= 15 is 0 Å². The first-order valence-electron chi connectivity index (χ1n) is 16.3. The van der Waals surface area contributed by atoms with Gasteiger partial charge in [0.05, 0.1) is 28.7 Å². The summed E-state index contributed by atoms with van der Waals surface area (Å²) in [5.41, 5.74) is 11.5. The number of dihydropyridines is 1. The van der Waals surface area contributed by atoms with Crippen LogP contribution in [0.1, 0.15) is 42.7 Å². The molecule has 4 unspecified atom stereocenters. The zero-order valence-corrected chi connectivity index (χ0v) is 25.0. The number of para-hydroxylation sites is 1. The molecule has 3 aromatic carbocycles. The first kappa shape index (κ1) is 25.3. The second-order valence-corrected chi connectivity index (χ2v) is 12.9. The van der Waals surface area contributed by atoms with Crippen molar-refractivity contribution in [2.75, 3.05) is 4.90 Å². The molecule has 0 bridgehead atoms. The van der Waals surface area contributed by atoms with Crippen molar-refractivity contribution < 1.29 is 4.74 Å². The van der Waals surface area contributed by atoms with E-state index in [9.17, 15) is 0 Å². The van der Waals surface area contributed by atoms with Crippen LogP contribution in [0.2, 0.25) is 0 Å². The minimum Gasteiger partial charge on any atom is -0.467 e. The average molecular weight is 584 g/mol. The number of fused-ring (bicyclic) bond motifs is 8. The molecule has 0 radical (unpaired) electrons. The van der Waals surface area contributed by atoms with Crippen molar-refractivity contribution in [1.82, 2.24) is 4.57 Å². The lowest BCUT2D eigenvalue weighted by Crippen LogP contribution is -2.32. The predicted molar refractivity (Wildman–Crippen MR) is 186 cm³/mol. The van der Waals surface area contributed by atoms with Gasteiger partial charge in [-0.15, -0.1) is 0 Å². The molecule has 45 heavy (non-hydrogen) atoms. The van der Waals surface area contributed by atoms with E-state index < -0.39 is 0 Å². The monoisotopic (exact) mass is 583 g/mol. The molecule has 6 aliphatic rings. The van der Waals surface area contributed by atoms with Crippen molar-refractivity contribution in [2.24, 2.45) is 10.9 Å². The van der Waals surface area contributed by atoms with Crippen molar-refractivity contribution in [3.05, 3.63) is 144 Å². The lowest BCUT2D eigenvalue weighted by Gasteiger charge is -2.30. The molecule has 1 aromatic heterocycles. The van der Waals surface area contributed by atoms with Gasteiger partial charge in [-0.3, -0.25) is 0 Å². The van der Waals surface area contributed by atoms with Crippen molar-refractivity contribution in [2.45, 2.75) is 43.9 Å². The zero-order valence-electron chi connectivity index (χ0n) is 25.0. The van der Waals surface area contributed by atoms with Gasteiger partial charge >= 0.3 is 0 Å². The van der Waals surface area contributed by atoms with E-state index in [-0.39, 0.29) is 12.1 Å². The van der Waals surface area contributed by atoms with Crippen LogP contribution in [0.4, 0.5) is 5.69 Å². The van der Waals surface area contributed by atoms with E-state index in [4.69, 9.17) is 9.73 Å². The molecule has 4 aromatic rings. The maximum atomic E-state index is 6.34. The van der Waals surface area contributed by atoms with Crippen LogP contribution in [0.25, 0.3) is 33.1 Å². The summed E-state index contributed by atoms with van der Waals surface area (Å²) < 4.78 is 8.73. The summed E-state index contributed by atoms with van der Waals surface area (Å²) in [5, 5.41) is 2.52. The lowest BCUT2D eigenvalue weighted by atomic mass is 9.87. The van der Waals surface area contributed by atoms with Gasteiger partial charge in [0.1, 0.15) is 5.75 Å². The van der Waals surface area contributed by atoms with Crippen LogP contribution < -0.4 is 9.64 Å². The Morgan fingerprint density at radius 2 is 1.71 bits per heavy atom. The fourth-order valence-electron chi connectivity index (χ4n) is 8.35. The molecule has 3 aliphatic carbocycles. The summed E-state index contributed by atoms with van der Waals surface area (Å²) in [6, 6.07) is 22.8. The van der Waals surface area contributed by atoms with Gasteiger partial charge in [0.15, 0.2) is 6.23 Å². The summed E-state index contributed by atoms with van der Waals surface area (Å²) in [4.78, 5) is 7.53. The number of aromatic nitrogens is 1. The maximum absolute atomic E-state index is 6.34. The second kappa shape index (κ2) is 9.70. The Morgan fingerprint density at radius 3 is 2.67 bits per heavy atom. The van der Waals surface area contributed by atoms with Gasteiger partial charge in [-0.25, -0.2) is 4.99 Å². The number of hydrogen-bond donors (Lipinski definition) is 0. The largest absolute Gasteiger partial charge is 0.467 e. The second-order valence-electron chi connectivity index (χ2n) is 12.9. The fraction of sp³-hybridized carbons (Fsp3) is 0.195. The van der Waals surface area contributed by atoms with Crippen LogP contribution in [0.15, 0.2) is 138 Å². The molecule has 0 saturated carbocycles. The molecule has 3 aliphatic heterocycles. The highest BCUT2D eigenvalue weighted by atomic mass is 16.5. The molecule has 0 amide bonds. The number of benzene rings is 3. The fourth-order valence-corrected chi connectivity index (χ4v) is 8.35. The summed E-state index contributed by atoms with van der Waals surface area (Å²) in [6.07, 6.45) is 29.4. The summed E-state index contributed by atoms with van der Waals surface area (Å²) in [6.45, 7) is 0. The third-order valence-corrected chi connectivity index (χ3v) is 10.4. The zero-order chi connectivity index (χ0) is 29.5. The van der Waals surface area contributed by atoms with E-state index in [0.29, 0.717) is 12.0 Å². The summed E-state index contributed by atoms with van der Waals surface area (Å²) in [5.74, 6) is 1.46. The third kappa shape index (κ3) is 3.75. The Bertz CT molecular complexity index is 2180. The highest BCUT2D eigenvalue weighted by Crippen LogP contribution is 2.47. The Hall–Kier alpha value is -5.09. The van der Waals surface area contributed by atoms with Crippen molar-refractivity contribution in [3.63, 3.8) is 0 Å². The molecule has 218 valence electrons. The first-order chi connectivity index (χ1) is 22.3. The number of nitrogens with zero attached hydrogens (tertiary/aromatic N) is 3. The van der Waals surface area contributed by atoms with E-state index in [0.717, 1.165) is 37.1 Å². The molecule has 0 fully saturated rings. The highest BCUT2D eigenvalue weighted by molar-refractivity contribution is 6.16. The van der Waals surface area contributed by atoms with Gasteiger partial charge in [-0.2, -0.15) is 0 Å². The molecule has 4 nitrogen and oxygen atoms in total. The van der Waals surface area contributed by atoms with E-state index in [1.54, 1.807) is 5.57 Å². The van der Waals surface area contributed by atoms with Gasteiger partial charge in [0.25, 0.3) is 0 Å². The Kier molecular flexibility index (Phi) is 5.45. The van der Waals surface area contributed by atoms with Crippen molar-refractivity contribution in [1.29, 1.82) is 0 Å². The molecule has 4 heterocycles. The van der Waals surface area contributed by atoms with Crippen LogP contribution in [0.3, 0.4) is 0 Å². The van der Waals surface area contributed by atoms with Crippen LogP contribution in [-0.2, 0) is 0 Å². The molecule has 4 atom stereocenters. The molecule has 4 heteroatoms. The predicted octanol–water partition coefficient (Wildman–Crippen LogP) is 9.49. The molecule has 0 spiro atoms. The molecule has 0 saturated heterocycles. The Morgan fingerprint density at radius 1 is 0.800 bits per heavy atom. The number of aliphatic imine (C=N–C) groups is 1. The number of anilines is 1. The maximum Gasteiger partial charge on any atom is 0.200 e. The third-order valence-electron chi connectivity index (χ3n) is 10.4. The van der Waals surface area contributed by atoms with Crippen LogP contribution in [0.5, 0.6) is 5.75 Å². The van der Waals surface area contributed by atoms with Crippen molar-refractivity contribution >= 4 is 45.0 Å². The smallest absolute Gasteiger partial charge is 0.200 e. The Labute approximate surface area is 263 Å². The molecular formula is C41H33N3O. The van der Waals surface area contributed by atoms with Gasteiger partial charge in [-0.05, 0) is 90.9 Å². The number of allylic oxidation sites excluding steroid dienone is 9. The number of rotatable bonds is 3. The van der Waals surface area contributed by atoms with E-state index in [1.165, 1.54) is 49.9 Å². The summed E-state index contributed by atoms with van der Waals surface area (Å²) in [7, 11) is 0. The van der Waals surface area contributed by atoms with Crippen LogP contribution >= 0.6 is 0 Å². The first-order valence-corrected chi connectivity index (χ1v) is 16.3. The standard InChI is InChI=1S/C41H33N3O/c1-2-10-26(11-3-1)27-18-21-40-34(22-27)35-24-29(25-42-41(35)45-40)44-38-17-9-6-14-32(38)33-23-28(19-20-39(33)44)43-36-15-7-4-12-30(36)31-13-5-8-16-37(31)43/h2,4,6-12,14-25,30,35-36,41H,1,3,5,13H2. The minimum absolute atomic E-state index is 0.0692. The van der Waals surface area contributed by atoms with Gasteiger partial charge in [0, 0.05) is 39.9 Å². The summed E-state index contributed by atoms with van der Waals surface area (Å²) >= 11 is 0. The van der Waals surface area contributed by atoms with E-state index in [1.807, 2.05) is 6.21 Å².